The minimum absolute atomic E-state index is 0.230. The number of hydrogen-bond acceptors (Lipinski definition) is 6. The SMILES string of the molecule is CCOc1ccc(/C=N\OCC(=O)Nc2ccc(C(=O)OC)cc2)cc1. The van der Waals surface area contributed by atoms with Crippen LogP contribution in [-0.4, -0.2) is 38.4 Å². The Hall–Kier alpha value is -3.35. The van der Waals surface area contributed by atoms with Crippen molar-refractivity contribution in [3.63, 3.8) is 0 Å². The molecule has 1 N–H and O–H groups in total. The second-order valence-corrected chi connectivity index (χ2v) is 5.13. The molecule has 0 saturated carbocycles. The average Bonchev–Trinajstić information content (AvgIpc) is 2.67. The van der Waals surface area contributed by atoms with E-state index in [1.165, 1.54) is 13.3 Å². The minimum atomic E-state index is -0.435. The van der Waals surface area contributed by atoms with Gasteiger partial charge in [0.2, 0.25) is 0 Å². The predicted molar refractivity (Wildman–Crippen MR) is 97.6 cm³/mol. The van der Waals surface area contributed by atoms with Crippen molar-refractivity contribution in [3.8, 4) is 5.75 Å². The van der Waals surface area contributed by atoms with Crippen LogP contribution in [0.25, 0.3) is 0 Å². The average molecular weight is 356 g/mol. The van der Waals surface area contributed by atoms with Crippen LogP contribution in [0.5, 0.6) is 5.75 Å². The van der Waals surface area contributed by atoms with Crippen molar-refractivity contribution in [2.45, 2.75) is 6.92 Å². The first-order valence-corrected chi connectivity index (χ1v) is 7.98. The molecule has 0 unspecified atom stereocenters. The van der Waals surface area contributed by atoms with Crippen LogP contribution < -0.4 is 10.1 Å². The molecule has 0 atom stereocenters. The molecule has 0 aliphatic heterocycles. The van der Waals surface area contributed by atoms with Crippen LogP contribution in [-0.2, 0) is 14.4 Å². The molecule has 0 spiro atoms. The standard InChI is InChI=1S/C19H20N2O5/c1-3-25-17-10-4-14(5-11-17)12-20-26-13-18(22)21-16-8-6-15(7-9-16)19(23)24-2/h4-12H,3,13H2,1-2H3,(H,21,22)/b20-12-. The van der Waals surface area contributed by atoms with E-state index in [0.717, 1.165) is 11.3 Å². The van der Waals surface area contributed by atoms with Crippen molar-refractivity contribution >= 4 is 23.8 Å². The zero-order valence-electron chi connectivity index (χ0n) is 14.6. The van der Waals surface area contributed by atoms with E-state index in [-0.39, 0.29) is 12.5 Å². The van der Waals surface area contributed by atoms with Crippen LogP contribution >= 0.6 is 0 Å². The Kier molecular flexibility index (Phi) is 7.17. The lowest BCUT2D eigenvalue weighted by atomic mass is 10.2. The number of nitrogens with zero attached hydrogens (tertiary/aromatic N) is 1. The Morgan fingerprint density at radius 3 is 2.38 bits per heavy atom. The van der Waals surface area contributed by atoms with Crippen molar-refractivity contribution in [3.05, 3.63) is 59.7 Å². The third kappa shape index (κ3) is 5.94. The van der Waals surface area contributed by atoms with Gasteiger partial charge in [-0.05, 0) is 61.0 Å². The van der Waals surface area contributed by atoms with E-state index >= 15 is 0 Å². The maximum atomic E-state index is 11.8. The summed E-state index contributed by atoms with van der Waals surface area (Å²) in [4.78, 5) is 28.1. The van der Waals surface area contributed by atoms with Gasteiger partial charge in [0.15, 0.2) is 6.61 Å². The summed E-state index contributed by atoms with van der Waals surface area (Å²) in [6.45, 7) is 2.30. The second kappa shape index (κ2) is 9.83. The van der Waals surface area contributed by atoms with Crippen LogP contribution in [0.3, 0.4) is 0 Å². The summed E-state index contributed by atoms with van der Waals surface area (Å²) in [6, 6.07) is 13.7. The van der Waals surface area contributed by atoms with Gasteiger partial charge in [0, 0.05) is 5.69 Å². The van der Waals surface area contributed by atoms with Crippen LogP contribution in [0.1, 0.15) is 22.8 Å². The molecule has 2 aromatic carbocycles. The van der Waals surface area contributed by atoms with E-state index in [2.05, 4.69) is 15.2 Å². The Bertz CT molecular complexity index is 755. The van der Waals surface area contributed by atoms with Gasteiger partial charge < -0.3 is 19.6 Å². The molecule has 2 rings (SSSR count). The Morgan fingerprint density at radius 2 is 1.77 bits per heavy atom. The molecule has 1 amide bonds. The number of esters is 1. The third-order valence-electron chi connectivity index (χ3n) is 3.25. The number of carbonyl (C=O) groups excluding carboxylic acids is 2. The molecule has 7 nitrogen and oxygen atoms in total. The smallest absolute Gasteiger partial charge is 0.337 e. The van der Waals surface area contributed by atoms with E-state index in [0.29, 0.717) is 17.9 Å². The summed E-state index contributed by atoms with van der Waals surface area (Å²) >= 11 is 0. The highest BCUT2D eigenvalue weighted by molar-refractivity contribution is 5.93. The van der Waals surface area contributed by atoms with Gasteiger partial charge in [-0.3, -0.25) is 4.79 Å². The van der Waals surface area contributed by atoms with Gasteiger partial charge in [-0.2, -0.15) is 0 Å². The number of nitrogens with one attached hydrogen (secondary N) is 1. The highest BCUT2D eigenvalue weighted by atomic mass is 16.6. The van der Waals surface area contributed by atoms with Gasteiger partial charge in [0.05, 0.1) is 25.5 Å². The molecule has 136 valence electrons. The Labute approximate surface area is 151 Å². The molecule has 0 radical (unpaired) electrons. The van der Waals surface area contributed by atoms with E-state index in [1.54, 1.807) is 24.3 Å². The maximum absolute atomic E-state index is 11.8. The number of ether oxygens (including phenoxy) is 2. The lowest BCUT2D eigenvalue weighted by molar-refractivity contribution is -0.120. The minimum Gasteiger partial charge on any atom is -0.494 e. The van der Waals surface area contributed by atoms with Crippen molar-refractivity contribution in [2.75, 3.05) is 25.6 Å². The fourth-order valence-corrected chi connectivity index (χ4v) is 2.02. The molecule has 0 aliphatic carbocycles. The predicted octanol–water partition coefficient (Wildman–Crippen LogP) is 2.86. The van der Waals surface area contributed by atoms with Crippen LogP contribution in [0.2, 0.25) is 0 Å². The van der Waals surface area contributed by atoms with E-state index in [1.807, 2.05) is 31.2 Å². The van der Waals surface area contributed by atoms with Gasteiger partial charge in [-0.15, -0.1) is 0 Å². The van der Waals surface area contributed by atoms with Gasteiger partial charge in [0.25, 0.3) is 5.91 Å². The lowest BCUT2D eigenvalue weighted by Gasteiger charge is -2.05. The first-order valence-electron chi connectivity index (χ1n) is 7.98. The summed E-state index contributed by atoms with van der Waals surface area (Å²) < 4.78 is 9.96. The summed E-state index contributed by atoms with van der Waals surface area (Å²) in [5.74, 6) is -0.0161. The monoisotopic (exact) mass is 356 g/mol. The highest BCUT2D eigenvalue weighted by Gasteiger charge is 2.06. The second-order valence-electron chi connectivity index (χ2n) is 5.13. The number of benzene rings is 2. The van der Waals surface area contributed by atoms with Crippen molar-refractivity contribution < 1.29 is 23.9 Å². The van der Waals surface area contributed by atoms with Gasteiger partial charge in [0.1, 0.15) is 5.75 Å². The number of hydrogen-bond donors (Lipinski definition) is 1. The first-order chi connectivity index (χ1) is 12.6. The fourth-order valence-electron chi connectivity index (χ4n) is 2.02. The van der Waals surface area contributed by atoms with E-state index in [4.69, 9.17) is 9.57 Å². The number of carbonyl (C=O) groups is 2. The molecule has 0 aromatic heterocycles. The zero-order chi connectivity index (χ0) is 18.8. The summed E-state index contributed by atoms with van der Waals surface area (Å²) in [5, 5.41) is 6.40. The van der Waals surface area contributed by atoms with Crippen molar-refractivity contribution in [1.82, 2.24) is 0 Å². The maximum Gasteiger partial charge on any atom is 0.337 e. The number of methoxy groups -OCH3 is 1. The van der Waals surface area contributed by atoms with E-state index in [9.17, 15) is 9.59 Å². The van der Waals surface area contributed by atoms with Crippen LogP contribution in [0, 0.1) is 0 Å². The fraction of sp³-hybridized carbons (Fsp3) is 0.211. The highest BCUT2D eigenvalue weighted by Crippen LogP contribution is 2.11. The van der Waals surface area contributed by atoms with Crippen LogP contribution in [0.4, 0.5) is 5.69 Å². The molecule has 2 aromatic rings. The molecule has 0 heterocycles. The van der Waals surface area contributed by atoms with Gasteiger partial charge in [-0.25, -0.2) is 4.79 Å². The number of anilines is 1. The molecule has 0 bridgehead atoms. The molecule has 0 fully saturated rings. The van der Waals surface area contributed by atoms with Crippen LogP contribution in [0.15, 0.2) is 53.7 Å². The van der Waals surface area contributed by atoms with E-state index < -0.39 is 5.97 Å². The Morgan fingerprint density at radius 1 is 1.08 bits per heavy atom. The largest absolute Gasteiger partial charge is 0.494 e. The topological polar surface area (TPSA) is 86.2 Å². The van der Waals surface area contributed by atoms with Crippen molar-refractivity contribution in [1.29, 1.82) is 0 Å². The molecular formula is C19H20N2O5. The molecule has 7 heteroatoms. The molecule has 0 aliphatic rings. The normalized spacial score (nSPS) is 10.4. The quantitative estimate of drug-likeness (QED) is 0.446. The number of oxime groups is 1. The summed E-state index contributed by atoms with van der Waals surface area (Å²) in [6.07, 6.45) is 1.51. The third-order valence-corrected chi connectivity index (χ3v) is 3.25. The molecular weight excluding hydrogens is 336 g/mol. The lowest BCUT2D eigenvalue weighted by Crippen LogP contribution is -2.17. The molecule has 0 saturated heterocycles. The van der Waals surface area contributed by atoms with Gasteiger partial charge in [-0.1, -0.05) is 5.16 Å². The first kappa shape index (κ1) is 19.0. The summed E-state index contributed by atoms with van der Waals surface area (Å²) in [5.41, 5.74) is 1.77. The number of rotatable bonds is 8. The zero-order valence-corrected chi connectivity index (χ0v) is 14.6. The Balaban J connectivity index is 1.76. The summed E-state index contributed by atoms with van der Waals surface area (Å²) in [7, 11) is 1.31. The van der Waals surface area contributed by atoms with Crippen molar-refractivity contribution in [2.24, 2.45) is 5.16 Å². The molecule has 26 heavy (non-hydrogen) atoms. The number of amides is 1. The van der Waals surface area contributed by atoms with Gasteiger partial charge >= 0.3 is 5.97 Å².